The molecule has 1 aliphatic carbocycles. The number of pyridine rings is 1. The Morgan fingerprint density at radius 2 is 2.08 bits per heavy atom. The van der Waals surface area contributed by atoms with Crippen LogP contribution in [0.25, 0.3) is 11.3 Å². The highest BCUT2D eigenvalue weighted by atomic mass is 32.2. The number of alkyl halides is 2. The number of halogens is 3. The maximum absolute atomic E-state index is 14.4. The topological polar surface area (TPSA) is 39.6 Å². The largest absolute Gasteiger partial charge is 0.392 e. The molecule has 1 aromatic carbocycles. The quantitative estimate of drug-likeness (QED) is 0.831. The normalized spacial score (nSPS) is 20.8. The van der Waals surface area contributed by atoms with Crippen LogP contribution in [0.15, 0.2) is 30.3 Å². The molecule has 1 N–H and O–H groups in total. The summed E-state index contributed by atoms with van der Waals surface area (Å²) >= 11 is 1.32. The number of nitrogens with zero attached hydrogens (tertiary/aromatic N) is 3. The molecule has 1 unspecified atom stereocenters. The van der Waals surface area contributed by atoms with E-state index in [2.05, 4.69) is 4.98 Å². The number of benzene rings is 1. The lowest BCUT2D eigenvalue weighted by Crippen LogP contribution is -2.18. The number of anilines is 2. The van der Waals surface area contributed by atoms with Crippen molar-refractivity contribution in [3.05, 3.63) is 41.7 Å². The first-order valence-corrected chi connectivity index (χ1v) is 8.60. The summed E-state index contributed by atoms with van der Waals surface area (Å²) in [5.74, 6) is -3.08. The van der Waals surface area contributed by atoms with Gasteiger partial charge in [-0.25, -0.2) is 18.2 Å². The van der Waals surface area contributed by atoms with Crippen molar-refractivity contribution in [2.24, 2.45) is 5.92 Å². The highest BCUT2D eigenvalue weighted by Crippen LogP contribution is 2.52. The lowest BCUT2D eigenvalue weighted by atomic mass is 10.1. The standard InChI is InChI=1S/C17H16F3N3OS/c1-22-16-14(23(25-22)8-11-7-17(11,19)20)6-5-13(21-16)12-4-2-3-10(9-24)15(12)18/h2-6,11,24H,7-9H2,1H3. The maximum atomic E-state index is 14.4. The molecule has 1 saturated carbocycles. The van der Waals surface area contributed by atoms with Gasteiger partial charge in [0.2, 0.25) is 0 Å². The fraction of sp³-hybridized carbons (Fsp3) is 0.353. The van der Waals surface area contributed by atoms with Gasteiger partial charge < -0.3 is 5.11 Å². The summed E-state index contributed by atoms with van der Waals surface area (Å²) in [6.07, 6.45) is -0.0756. The van der Waals surface area contributed by atoms with Crippen molar-refractivity contribution in [2.75, 3.05) is 22.2 Å². The molecule has 2 heterocycles. The van der Waals surface area contributed by atoms with E-state index in [1.54, 1.807) is 39.9 Å². The van der Waals surface area contributed by atoms with Crippen LogP contribution in [-0.2, 0) is 6.61 Å². The van der Waals surface area contributed by atoms with Gasteiger partial charge in [-0.1, -0.05) is 12.1 Å². The summed E-state index contributed by atoms with van der Waals surface area (Å²) in [4.78, 5) is 4.51. The Morgan fingerprint density at radius 3 is 2.76 bits per heavy atom. The Kier molecular flexibility index (Phi) is 3.84. The summed E-state index contributed by atoms with van der Waals surface area (Å²) in [5.41, 5.74) is 1.70. The van der Waals surface area contributed by atoms with Crippen molar-refractivity contribution in [3.63, 3.8) is 0 Å². The van der Waals surface area contributed by atoms with Crippen molar-refractivity contribution < 1.29 is 18.3 Å². The minimum absolute atomic E-state index is 0.0756. The number of rotatable bonds is 4. The van der Waals surface area contributed by atoms with Crippen molar-refractivity contribution >= 4 is 23.6 Å². The van der Waals surface area contributed by atoms with E-state index in [0.717, 1.165) is 5.69 Å². The molecule has 1 atom stereocenters. The number of aromatic nitrogens is 1. The Hall–Kier alpha value is -1.93. The second-order valence-electron chi connectivity index (χ2n) is 6.28. The first-order valence-electron chi connectivity index (χ1n) is 7.87. The SMILES string of the molecule is CN1SN(CC2CC2(F)F)c2ccc(-c3cccc(CO)c3F)nc21. The molecule has 4 rings (SSSR count). The van der Waals surface area contributed by atoms with Crippen LogP contribution in [0, 0.1) is 11.7 Å². The van der Waals surface area contributed by atoms with Crippen LogP contribution in [0.3, 0.4) is 0 Å². The van der Waals surface area contributed by atoms with Gasteiger partial charge in [-0.2, -0.15) is 0 Å². The minimum Gasteiger partial charge on any atom is -0.392 e. The monoisotopic (exact) mass is 367 g/mol. The third kappa shape index (κ3) is 2.83. The lowest BCUT2D eigenvalue weighted by molar-refractivity contribution is 0.101. The zero-order valence-corrected chi connectivity index (χ0v) is 14.2. The number of fused-ring (bicyclic) bond motifs is 1. The van der Waals surface area contributed by atoms with E-state index in [4.69, 9.17) is 0 Å². The fourth-order valence-corrected chi connectivity index (χ4v) is 3.93. The zero-order chi connectivity index (χ0) is 17.8. The Bertz CT molecular complexity index is 833. The smallest absolute Gasteiger partial charge is 0.253 e. The molecule has 0 bridgehead atoms. The van der Waals surface area contributed by atoms with Crippen molar-refractivity contribution in [3.8, 4) is 11.3 Å². The van der Waals surface area contributed by atoms with Gasteiger partial charge in [0.05, 0.1) is 30.1 Å². The summed E-state index contributed by atoms with van der Waals surface area (Å²) in [6, 6.07) is 8.24. The summed E-state index contributed by atoms with van der Waals surface area (Å²) in [7, 11) is 1.80. The van der Waals surface area contributed by atoms with Crippen LogP contribution in [0.1, 0.15) is 12.0 Å². The molecule has 1 fully saturated rings. The number of aliphatic hydroxyl groups is 1. The van der Waals surface area contributed by atoms with E-state index in [1.165, 1.54) is 18.2 Å². The maximum Gasteiger partial charge on any atom is 0.253 e. The van der Waals surface area contributed by atoms with Crippen molar-refractivity contribution in [1.82, 2.24) is 4.98 Å². The third-order valence-electron chi connectivity index (χ3n) is 4.51. The van der Waals surface area contributed by atoms with Gasteiger partial charge >= 0.3 is 0 Å². The van der Waals surface area contributed by atoms with Gasteiger partial charge in [-0.05, 0) is 18.2 Å². The third-order valence-corrected chi connectivity index (χ3v) is 5.47. The molecule has 0 amide bonds. The average Bonchev–Trinajstić information content (AvgIpc) is 3.07. The van der Waals surface area contributed by atoms with E-state index in [9.17, 15) is 18.3 Å². The molecule has 25 heavy (non-hydrogen) atoms. The Morgan fingerprint density at radius 1 is 1.32 bits per heavy atom. The van der Waals surface area contributed by atoms with Gasteiger partial charge in [0.25, 0.3) is 5.92 Å². The molecule has 8 heteroatoms. The summed E-state index contributed by atoms with van der Waals surface area (Å²) in [6.45, 7) is -0.131. The van der Waals surface area contributed by atoms with Crippen LogP contribution in [0.5, 0.6) is 0 Å². The zero-order valence-electron chi connectivity index (χ0n) is 13.4. The Balaban J connectivity index is 1.66. The first kappa shape index (κ1) is 16.5. The van der Waals surface area contributed by atoms with Crippen molar-refractivity contribution in [2.45, 2.75) is 19.0 Å². The second-order valence-corrected chi connectivity index (χ2v) is 7.43. The van der Waals surface area contributed by atoms with Gasteiger partial charge in [-0.3, -0.25) is 8.61 Å². The number of hydrogen-bond donors (Lipinski definition) is 1. The van der Waals surface area contributed by atoms with Gasteiger partial charge in [0.1, 0.15) is 5.82 Å². The first-order chi connectivity index (χ1) is 11.9. The minimum atomic E-state index is -2.57. The molecule has 0 radical (unpaired) electrons. The Labute approximate surface area is 147 Å². The number of aliphatic hydroxyl groups excluding tert-OH is 1. The van der Waals surface area contributed by atoms with Crippen LogP contribution in [-0.4, -0.2) is 29.6 Å². The van der Waals surface area contributed by atoms with Crippen LogP contribution in [0.2, 0.25) is 0 Å². The summed E-state index contributed by atoms with van der Waals surface area (Å²) in [5, 5.41) is 9.21. The van der Waals surface area contributed by atoms with E-state index in [-0.39, 0.29) is 25.1 Å². The highest BCUT2D eigenvalue weighted by molar-refractivity contribution is 8.02. The van der Waals surface area contributed by atoms with Gasteiger partial charge in [-0.15, -0.1) is 0 Å². The van der Waals surface area contributed by atoms with Crippen molar-refractivity contribution in [1.29, 1.82) is 0 Å². The molecular formula is C17H16F3N3OS. The van der Waals surface area contributed by atoms with Gasteiger partial charge in [0, 0.05) is 37.1 Å². The molecule has 132 valence electrons. The van der Waals surface area contributed by atoms with Crippen LogP contribution in [0.4, 0.5) is 24.7 Å². The molecule has 0 spiro atoms. The second kappa shape index (κ2) is 5.81. The van der Waals surface area contributed by atoms with Crippen LogP contribution < -0.4 is 8.61 Å². The molecule has 4 nitrogen and oxygen atoms in total. The fourth-order valence-electron chi connectivity index (χ4n) is 2.95. The molecule has 1 aliphatic heterocycles. The lowest BCUT2D eigenvalue weighted by Gasteiger charge is -2.16. The predicted molar refractivity (Wildman–Crippen MR) is 91.9 cm³/mol. The van der Waals surface area contributed by atoms with E-state index in [1.807, 2.05) is 0 Å². The highest BCUT2D eigenvalue weighted by Gasteiger charge is 2.57. The predicted octanol–water partition coefficient (Wildman–Crippen LogP) is 3.85. The van der Waals surface area contributed by atoms with Crippen LogP contribution >= 0.6 is 12.1 Å². The number of hydrogen-bond acceptors (Lipinski definition) is 5. The van der Waals surface area contributed by atoms with E-state index < -0.39 is 17.7 Å². The van der Waals surface area contributed by atoms with E-state index in [0.29, 0.717) is 17.1 Å². The summed E-state index contributed by atoms with van der Waals surface area (Å²) < 4.78 is 44.4. The molecule has 1 aromatic heterocycles. The molecule has 0 saturated heterocycles. The van der Waals surface area contributed by atoms with Gasteiger partial charge in [0.15, 0.2) is 5.82 Å². The van der Waals surface area contributed by atoms with E-state index >= 15 is 0 Å². The molecule has 2 aliphatic rings. The molecular weight excluding hydrogens is 351 g/mol. The average molecular weight is 367 g/mol. The molecule has 2 aromatic rings.